The highest BCUT2D eigenvalue weighted by Crippen LogP contribution is 2.11. The molecule has 1 aromatic carbocycles. The van der Waals surface area contributed by atoms with Crippen LogP contribution in [-0.4, -0.2) is 13.0 Å². The van der Waals surface area contributed by atoms with E-state index in [1.165, 1.54) is 0 Å². The summed E-state index contributed by atoms with van der Waals surface area (Å²) < 4.78 is 5.19. The Bertz CT molecular complexity index is 332. The molecule has 1 unspecified atom stereocenters. The van der Waals surface area contributed by atoms with Crippen LogP contribution in [0.3, 0.4) is 0 Å². The van der Waals surface area contributed by atoms with Crippen molar-refractivity contribution in [3.05, 3.63) is 29.8 Å². The number of carbonyl (C=O) groups excluding carboxylic acids is 1. The quantitative estimate of drug-likeness (QED) is 0.777. The molecular weight excluding hydrogens is 202 g/mol. The lowest BCUT2D eigenvalue weighted by Crippen LogP contribution is -2.13. The summed E-state index contributed by atoms with van der Waals surface area (Å²) in [5.74, 6) is -0.142. The molecular formula is C13H19NO2. The number of rotatable bonds is 5. The lowest BCUT2D eigenvalue weighted by molar-refractivity contribution is -0.149. The van der Waals surface area contributed by atoms with Gasteiger partial charge in [-0.2, -0.15) is 0 Å². The minimum absolute atomic E-state index is 0.0171. The third-order valence-corrected chi connectivity index (χ3v) is 2.64. The van der Waals surface area contributed by atoms with Crippen LogP contribution in [0.2, 0.25) is 0 Å². The van der Waals surface area contributed by atoms with Crippen LogP contribution in [0, 0.1) is 5.92 Å². The van der Waals surface area contributed by atoms with E-state index in [0.29, 0.717) is 6.61 Å². The Morgan fingerprint density at radius 3 is 2.50 bits per heavy atom. The van der Waals surface area contributed by atoms with Crippen LogP contribution in [0.1, 0.15) is 25.8 Å². The number of esters is 1. The second-order valence-electron chi connectivity index (χ2n) is 3.86. The van der Waals surface area contributed by atoms with E-state index in [0.717, 1.165) is 17.7 Å². The van der Waals surface area contributed by atoms with Crippen molar-refractivity contribution in [2.24, 2.45) is 5.92 Å². The van der Waals surface area contributed by atoms with E-state index in [-0.39, 0.29) is 11.9 Å². The number of carbonyl (C=O) groups is 1. The molecule has 1 aromatic rings. The Balaban J connectivity index is 2.45. The van der Waals surface area contributed by atoms with E-state index >= 15 is 0 Å². The van der Waals surface area contributed by atoms with Crippen LogP contribution in [0.25, 0.3) is 0 Å². The average molecular weight is 221 g/mol. The number of hydrogen-bond donors (Lipinski definition) is 1. The lowest BCUT2D eigenvalue weighted by atomic mass is 10.1. The van der Waals surface area contributed by atoms with E-state index in [9.17, 15) is 4.79 Å². The summed E-state index contributed by atoms with van der Waals surface area (Å²) in [4.78, 5) is 11.4. The molecule has 3 heteroatoms. The number of ether oxygens (including phenoxy) is 1. The second kappa shape index (κ2) is 6.16. The van der Waals surface area contributed by atoms with E-state index in [1.54, 1.807) is 0 Å². The van der Waals surface area contributed by atoms with Gasteiger partial charge in [0, 0.05) is 12.7 Å². The highest BCUT2D eigenvalue weighted by molar-refractivity contribution is 5.71. The van der Waals surface area contributed by atoms with Gasteiger partial charge in [0.2, 0.25) is 0 Å². The van der Waals surface area contributed by atoms with Gasteiger partial charge in [-0.3, -0.25) is 4.79 Å². The molecule has 0 aliphatic heterocycles. The van der Waals surface area contributed by atoms with Crippen molar-refractivity contribution in [1.29, 1.82) is 0 Å². The molecule has 0 aliphatic rings. The Labute approximate surface area is 96.8 Å². The Kier molecular flexibility index (Phi) is 4.83. The van der Waals surface area contributed by atoms with Gasteiger partial charge in [0.05, 0.1) is 5.92 Å². The van der Waals surface area contributed by atoms with E-state index in [1.807, 2.05) is 45.2 Å². The zero-order chi connectivity index (χ0) is 12.0. The molecule has 88 valence electrons. The normalized spacial score (nSPS) is 11.9. The van der Waals surface area contributed by atoms with Gasteiger partial charge < -0.3 is 10.1 Å². The fourth-order valence-electron chi connectivity index (χ4n) is 1.23. The van der Waals surface area contributed by atoms with E-state index in [4.69, 9.17) is 4.74 Å². The van der Waals surface area contributed by atoms with Crippen molar-refractivity contribution >= 4 is 11.7 Å². The predicted molar refractivity (Wildman–Crippen MR) is 65.2 cm³/mol. The van der Waals surface area contributed by atoms with Crippen molar-refractivity contribution in [2.45, 2.75) is 26.9 Å². The lowest BCUT2D eigenvalue weighted by Gasteiger charge is -2.09. The molecule has 1 N–H and O–H groups in total. The van der Waals surface area contributed by atoms with Gasteiger partial charge >= 0.3 is 5.97 Å². The largest absolute Gasteiger partial charge is 0.461 e. The van der Waals surface area contributed by atoms with Crippen LogP contribution in [0.15, 0.2) is 24.3 Å². The molecule has 1 atom stereocenters. The fraction of sp³-hybridized carbons (Fsp3) is 0.462. The topological polar surface area (TPSA) is 38.3 Å². The third-order valence-electron chi connectivity index (χ3n) is 2.64. The molecule has 16 heavy (non-hydrogen) atoms. The van der Waals surface area contributed by atoms with Crippen molar-refractivity contribution < 1.29 is 9.53 Å². The fourth-order valence-corrected chi connectivity index (χ4v) is 1.23. The minimum Gasteiger partial charge on any atom is -0.461 e. The summed E-state index contributed by atoms with van der Waals surface area (Å²) in [7, 11) is 1.87. The zero-order valence-corrected chi connectivity index (χ0v) is 10.1. The number of benzene rings is 1. The van der Waals surface area contributed by atoms with Crippen LogP contribution < -0.4 is 5.32 Å². The molecule has 0 saturated heterocycles. The molecule has 3 nitrogen and oxygen atoms in total. The molecule has 0 bridgehead atoms. The number of nitrogens with one attached hydrogen (secondary N) is 1. The Hall–Kier alpha value is -1.51. The third kappa shape index (κ3) is 3.57. The predicted octanol–water partition coefficient (Wildman–Crippen LogP) is 2.82. The maximum atomic E-state index is 11.4. The maximum absolute atomic E-state index is 11.4. The molecule has 0 aliphatic carbocycles. The van der Waals surface area contributed by atoms with Crippen molar-refractivity contribution in [3.63, 3.8) is 0 Å². The first-order valence-corrected chi connectivity index (χ1v) is 5.60. The number of hydrogen-bond acceptors (Lipinski definition) is 3. The highest BCUT2D eigenvalue weighted by atomic mass is 16.5. The van der Waals surface area contributed by atoms with Gasteiger partial charge in [-0.1, -0.05) is 26.0 Å². The molecule has 0 amide bonds. The Morgan fingerprint density at radius 1 is 1.38 bits per heavy atom. The van der Waals surface area contributed by atoms with Gasteiger partial charge in [0.25, 0.3) is 0 Å². The summed E-state index contributed by atoms with van der Waals surface area (Å²) in [6.45, 7) is 4.22. The zero-order valence-electron chi connectivity index (χ0n) is 10.1. The van der Waals surface area contributed by atoms with Gasteiger partial charge in [-0.05, 0) is 24.1 Å². The second-order valence-corrected chi connectivity index (χ2v) is 3.86. The van der Waals surface area contributed by atoms with Crippen molar-refractivity contribution in [2.75, 3.05) is 12.4 Å². The molecule has 0 spiro atoms. The summed E-state index contributed by atoms with van der Waals surface area (Å²) in [5, 5.41) is 3.04. The first kappa shape index (κ1) is 12.6. The summed E-state index contributed by atoms with van der Waals surface area (Å²) in [6.07, 6.45) is 0.817. The molecule has 0 fully saturated rings. The number of anilines is 1. The molecule has 0 radical (unpaired) electrons. The van der Waals surface area contributed by atoms with Crippen molar-refractivity contribution in [1.82, 2.24) is 0 Å². The summed E-state index contributed by atoms with van der Waals surface area (Å²) >= 11 is 0. The Morgan fingerprint density at radius 2 is 2.00 bits per heavy atom. The van der Waals surface area contributed by atoms with Gasteiger partial charge in [-0.15, -0.1) is 0 Å². The van der Waals surface area contributed by atoms with Crippen molar-refractivity contribution in [3.8, 4) is 0 Å². The van der Waals surface area contributed by atoms with Crippen LogP contribution in [0.5, 0.6) is 0 Å². The van der Waals surface area contributed by atoms with Gasteiger partial charge in [-0.25, -0.2) is 0 Å². The van der Waals surface area contributed by atoms with Gasteiger partial charge in [0.1, 0.15) is 6.61 Å². The molecule has 0 aromatic heterocycles. The smallest absolute Gasteiger partial charge is 0.308 e. The highest BCUT2D eigenvalue weighted by Gasteiger charge is 2.11. The molecule has 0 saturated carbocycles. The SMILES string of the molecule is CCC(C)C(=O)OCc1ccc(NC)cc1. The summed E-state index contributed by atoms with van der Waals surface area (Å²) in [5.41, 5.74) is 2.06. The van der Waals surface area contributed by atoms with Crippen LogP contribution in [0.4, 0.5) is 5.69 Å². The first-order chi connectivity index (χ1) is 7.67. The minimum atomic E-state index is -0.125. The van der Waals surface area contributed by atoms with Crippen LogP contribution >= 0.6 is 0 Å². The molecule has 0 heterocycles. The average Bonchev–Trinajstić information content (AvgIpc) is 2.35. The van der Waals surface area contributed by atoms with E-state index < -0.39 is 0 Å². The monoisotopic (exact) mass is 221 g/mol. The summed E-state index contributed by atoms with van der Waals surface area (Å²) in [6, 6.07) is 7.84. The first-order valence-electron chi connectivity index (χ1n) is 5.60. The maximum Gasteiger partial charge on any atom is 0.308 e. The van der Waals surface area contributed by atoms with Crippen LogP contribution in [-0.2, 0) is 16.1 Å². The molecule has 1 rings (SSSR count). The van der Waals surface area contributed by atoms with Gasteiger partial charge in [0.15, 0.2) is 0 Å². The van der Waals surface area contributed by atoms with E-state index in [2.05, 4.69) is 5.32 Å². The standard InChI is InChI=1S/C13H19NO2/c1-4-10(2)13(15)16-9-11-5-7-12(14-3)8-6-11/h5-8,10,14H,4,9H2,1-3H3.